The average molecular weight is 210 g/mol. The van der Waals surface area contributed by atoms with Crippen molar-refractivity contribution >= 4 is 0 Å². The van der Waals surface area contributed by atoms with E-state index in [1.807, 2.05) is 24.7 Å². The van der Waals surface area contributed by atoms with Gasteiger partial charge in [-0.3, -0.25) is 0 Å². The first kappa shape index (κ1) is 10.6. The molecular weight excluding hydrogens is 192 g/mol. The van der Waals surface area contributed by atoms with Gasteiger partial charge in [-0.1, -0.05) is 0 Å². The number of aromatic nitrogens is 2. The molecule has 15 heavy (non-hydrogen) atoms. The Morgan fingerprint density at radius 2 is 2.47 bits per heavy atom. The van der Waals surface area contributed by atoms with Crippen LogP contribution in [0.25, 0.3) is 0 Å². The number of aryl methyl sites for hydroxylation is 1. The maximum absolute atomic E-state index is 5.81. The Morgan fingerprint density at radius 3 is 3.07 bits per heavy atom. The van der Waals surface area contributed by atoms with Crippen molar-refractivity contribution < 1.29 is 9.47 Å². The van der Waals surface area contributed by atoms with E-state index in [0.717, 1.165) is 25.3 Å². The zero-order chi connectivity index (χ0) is 10.7. The Labute approximate surface area is 90.2 Å². The zero-order valence-electron chi connectivity index (χ0n) is 9.35. The van der Waals surface area contributed by atoms with Crippen molar-refractivity contribution in [1.82, 2.24) is 9.55 Å². The third-order valence-electron chi connectivity index (χ3n) is 2.72. The van der Waals surface area contributed by atoms with Crippen LogP contribution in [0.4, 0.5) is 0 Å². The van der Waals surface area contributed by atoms with E-state index < -0.39 is 0 Å². The van der Waals surface area contributed by atoms with Crippen LogP contribution in [0.15, 0.2) is 12.4 Å². The standard InChI is InChI=1S/C11H18N2O2/c1-9(11-12-6-7-13(11)2)15-10-5-3-4-8-14-10/h6-7,9-10H,3-5,8H2,1-2H3/t9-,10?/m0/s1. The fourth-order valence-corrected chi connectivity index (χ4v) is 1.88. The van der Waals surface area contributed by atoms with Crippen molar-refractivity contribution in [2.24, 2.45) is 7.05 Å². The summed E-state index contributed by atoms with van der Waals surface area (Å²) in [4.78, 5) is 4.26. The lowest BCUT2D eigenvalue weighted by atomic mass is 10.2. The highest BCUT2D eigenvalue weighted by Crippen LogP contribution is 2.21. The summed E-state index contributed by atoms with van der Waals surface area (Å²) in [5, 5.41) is 0. The number of nitrogens with zero attached hydrogens (tertiary/aromatic N) is 2. The summed E-state index contributed by atoms with van der Waals surface area (Å²) in [5.41, 5.74) is 0. The minimum absolute atomic E-state index is 0.00639. The van der Waals surface area contributed by atoms with Gasteiger partial charge in [-0.15, -0.1) is 0 Å². The van der Waals surface area contributed by atoms with Crippen molar-refractivity contribution in [2.45, 2.75) is 38.6 Å². The number of hydrogen-bond donors (Lipinski definition) is 0. The van der Waals surface area contributed by atoms with Gasteiger partial charge in [0.25, 0.3) is 0 Å². The number of rotatable bonds is 3. The number of imidazole rings is 1. The minimum atomic E-state index is -0.0505. The zero-order valence-corrected chi connectivity index (χ0v) is 9.35. The molecule has 4 nitrogen and oxygen atoms in total. The van der Waals surface area contributed by atoms with Gasteiger partial charge in [-0.25, -0.2) is 4.98 Å². The Morgan fingerprint density at radius 1 is 1.60 bits per heavy atom. The van der Waals surface area contributed by atoms with Crippen LogP contribution in [0, 0.1) is 0 Å². The van der Waals surface area contributed by atoms with Crippen molar-refractivity contribution in [3.63, 3.8) is 0 Å². The first-order valence-electron chi connectivity index (χ1n) is 5.51. The molecule has 0 radical (unpaired) electrons. The van der Waals surface area contributed by atoms with Gasteiger partial charge >= 0.3 is 0 Å². The van der Waals surface area contributed by atoms with Crippen molar-refractivity contribution in [3.05, 3.63) is 18.2 Å². The summed E-state index contributed by atoms with van der Waals surface area (Å²) < 4.78 is 13.3. The Kier molecular flexibility index (Phi) is 3.38. The van der Waals surface area contributed by atoms with Gasteiger partial charge in [-0.2, -0.15) is 0 Å². The lowest BCUT2D eigenvalue weighted by Crippen LogP contribution is -2.24. The second-order valence-electron chi connectivity index (χ2n) is 3.97. The molecule has 0 amide bonds. The molecular formula is C11H18N2O2. The molecule has 2 atom stereocenters. The molecule has 1 aromatic heterocycles. The molecule has 0 aliphatic carbocycles. The summed E-state index contributed by atoms with van der Waals surface area (Å²) in [5.74, 6) is 0.948. The van der Waals surface area contributed by atoms with Crippen LogP contribution in [-0.2, 0) is 16.5 Å². The molecule has 84 valence electrons. The van der Waals surface area contributed by atoms with Crippen LogP contribution in [0.1, 0.15) is 38.1 Å². The van der Waals surface area contributed by atoms with Crippen LogP contribution < -0.4 is 0 Å². The smallest absolute Gasteiger partial charge is 0.158 e. The molecule has 1 unspecified atom stereocenters. The van der Waals surface area contributed by atoms with Gasteiger partial charge in [0.2, 0.25) is 0 Å². The highest BCUT2D eigenvalue weighted by molar-refractivity contribution is 4.94. The molecule has 4 heteroatoms. The first-order chi connectivity index (χ1) is 7.27. The van der Waals surface area contributed by atoms with Gasteiger partial charge in [0.05, 0.1) is 0 Å². The summed E-state index contributed by atoms with van der Waals surface area (Å²) in [7, 11) is 1.98. The molecule has 0 bridgehead atoms. The predicted molar refractivity (Wildman–Crippen MR) is 56.3 cm³/mol. The van der Waals surface area contributed by atoms with Gasteiger partial charge < -0.3 is 14.0 Å². The third-order valence-corrected chi connectivity index (χ3v) is 2.72. The first-order valence-corrected chi connectivity index (χ1v) is 5.51. The summed E-state index contributed by atoms with van der Waals surface area (Å²) in [6, 6.07) is 0. The van der Waals surface area contributed by atoms with E-state index in [-0.39, 0.29) is 12.4 Å². The number of hydrogen-bond acceptors (Lipinski definition) is 3. The SMILES string of the molecule is C[C@H](OC1CCCCO1)c1nccn1C. The summed E-state index contributed by atoms with van der Waals surface area (Å²) >= 11 is 0. The van der Waals surface area contributed by atoms with E-state index in [2.05, 4.69) is 4.98 Å². The fourth-order valence-electron chi connectivity index (χ4n) is 1.88. The average Bonchev–Trinajstić information content (AvgIpc) is 2.66. The van der Waals surface area contributed by atoms with Gasteiger partial charge in [0, 0.05) is 26.0 Å². The molecule has 1 fully saturated rings. The van der Waals surface area contributed by atoms with Crippen LogP contribution in [0.3, 0.4) is 0 Å². The van der Waals surface area contributed by atoms with E-state index in [1.165, 1.54) is 6.42 Å². The lowest BCUT2D eigenvalue weighted by molar-refractivity contribution is -0.187. The topological polar surface area (TPSA) is 36.3 Å². The predicted octanol–water partition coefficient (Wildman–Crippen LogP) is 2.02. The molecule has 1 aromatic rings. The molecule has 0 saturated carbocycles. The molecule has 1 aliphatic rings. The van der Waals surface area contributed by atoms with Crippen molar-refractivity contribution in [1.29, 1.82) is 0 Å². The van der Waals surface area contributed by atoms with Crippen molar-refractivity contribution in [2.75, 3.05) is 6.61 Å². The highest BCUT2D eigenvalue weighted by atomic mass is 16.7. The largest absolute Gasteiger partial charge is 0.353 e. The van der Waals surface area contributed by atoms with E-state index in [0.29, 0.717) is 0 Å². The lowest BCUT2D eigenvalue weighted by Gasteiger charge is -2.25. The van der Waals surface area contributed by atoms with Crippen LogP contribution in [-0.4, -0.2) is 22.4 Å². The molecule has 2 rings (SSSR count). The molecule has 0 N–H and O–H groups in total. The minimum Gasteiger partial charge on any atom is -0.353 e. The number of ether oxygens (including phenoxy) is 2. The quantitative estimate of drug-likeness (QED) is 0.765. The molecule has 2 heterocycles. The van der Waals surface area contributed by atoms with E-state index in [4.69, 9.17) is 9.47 Å². The maximum Gasteiger partial charge on any atom is 0.158 e. The van der Waals surface area contributed by atoms with Gasteiger partial charge in [-0.05, 0) is 26.2 Å². The van der Waals surface area contributed by atoms with E-state index in [9.17, 15) is 0 Å². The summed E-state index contributed by atoms with van der Waals surface area (Å²) in [6.45, 7) is 2.83. The molecule has 1 aliphatic heterocycles. The van der Waals surface area contributed by atoms with Crippen molar-refractivity contribution in [3.8, 4) is 0 Å². The fraction of sp³-hybridized carbons (Fsp3) is 0.727. The Bertz CT molecular complexity index is 305. The molecule has 1 saturated heterocycles. The Hall–Kier alpha value is -0.870. The van der Waals surface area contributed by atoms with E-state index >= 15 is 0 Å². The van der Waals surface area contributed by atoms with Crippen LogP contribution >= 0.6 is 0 Å². The monoisotopic (exact) mass is 210 g/mol. The van der Waals surface area contributed by atoms with E-state index in [1.54, 1.807) is 6.20 Å². The highest BCUT2D eigenvalue weighted by Gasteiger charge is 2.19. The van der Waals surface area contributed by atoms with Gasteiger partial charge in [0.1, 0.15) is 11.9 Å². The molecule has 0 spiro atoms. The van der Waals surface area contributed by atoms with Crippen LogP contribution in [0.2, 0.25) is 0 Å². The van der Waals surface area contributed by atoms with Gasteiger partial charge in [0.15, 0.2) is 6.29 Å². The summed E-state index contributed by atoms with van der Waals surface area (Å²) in [6.07, 6.45) is 7.00. The second-order valence-corrected chi connectivity index (χ2v) is 3.97. The normalized spacial score (nSPS) is 24.0. The van der Waals surface area contributed by atoms with Crippen LogP contribution in [0.5, 0.6) is 0 Å². The molecule has 0 aromatic carbocycles. The maximum atomic E-state index is 5.81. The third kappa shape index (κ3) is 2.58. The second kappa shape index (κ2) is 4.77. The Balaban J connectivity index is 1.91.